The normalized spacial score (nSPS) is 14.2. The zero-order valence-electron chi connectivity index (χ0n) is 12.7. The zero-order valence-corrected chi connectivity index (χ0v) is 12.7. The molecule has 1 aromatic carbocycles. The minimum Gasteiger partial charge on any atom is -0.497 e. The summed E-state index contributed by atoms with van der Waals surface area (Å²) < 4.78 is 7.12. The fraction of sp³-hybridized carbons (Fsp3) is 0.312. The largest absolute Gasteiger partial charge is 0.497 e. The van der Waals surface area contributed by atoms with Crippen LogP contribution in [-0.2, 0) is 20.0 Å². The molecule has 0 N–H and O–H groups in total. The van der Waals surface area contributed by atoms with E-state index in [9.17, 15) is 0 Å². The van der Waals surface area contributed by atoms with Gasteiger partial charge in [-0.1, -0.05) is 6.07 Å². The molecule has 3 aromatic rings. The predicted octanol–water partition coefficient (Wildman–Crippen LogP) is 1.93. The third-order valence-electron chi connectivity index (χ3n) is 4.23. The van der Waals surface area contributed by atoms with Crippen LogP contribution in [0.4, 0.5) is 5.82 Å². The summed E-state index contributed by atoms with van der Waals surface area (Å²) in [5.41, 5.74) is 3.54. The lowest BCUT2D eigenvalue weighted by Gasteiger charge is -2.30. The van der Waals surface area contributed by atoms with Crippen LogP contribution in [0.15, 0.2) is 30.7 Å². The van der Waals surface area contributed by atoms with Crippen molar-refractivity contribution in [2.45, 2.75) is 13.0 Å². The molecule has 0 saturated carbocycles. The Morgan fingerprint density at radius 1 is 1.18 bits per heavy atom. The summed E-state index contributed by atoms with van der Waals surface area (Å²) in [5.74, 6) is 1.85. The molecule has 0 amide bonds. The first-order valence-corrected chi connectivity index (χ1v) is 7.29. The number of ether oxygens (including phenoxy) is 1. The molecular formula is C16H17N5O. The average Bonchev–Trinajstić information content (AvgIpc) is 2.95. The van der Waals surface area contributed by atoms with Crippen molar-refractivity contribution in [3.05, 3.63) is 41.9 Å². The zero-order chi connectivity index (χ0) is 15.1. The van der Waals surface area contributed by atoms with Crippen molar-refractivity contribution in [3.63, 3.8) is 0 Å². The first kappa shape index (κ1) is 13.1. The Labute approximate surface area is 128 Å². The number of hydrogen-bond acceptors (Lipinski definition) is 5. The highest BCUT2D eigenvalue weighted by molar-refractivity contribution is 5.86. The van der Waals surface area contributed by atoms with E-state index >= 15 is 0 Å². The minimum atomic E-state index is 0.827. The second kappa shape index (κ2) is 4.98. The third-order valence-corrected chi connectivity index (χ3v) is 4.23. The van der Waals surface area contributed by atoms with E-state index in [1.807, 2.05) is 19.3 Å². The monoisotopic (exact) mass is 295 g/mol. The lowest BCUT2D eigenvalue weighted by molar-refractivity contribution is 0.413. The molecule has 0 saturated heterocycles. The van der Waals surface area contributed by atoms with Gasteiger partial charge in [-0.3, -0.25) is 4.68 Å². The highest BCUT2D eigenvalue weighted by Crippen LogP contribution is 2.29. The lowest BCUT2D eigenvalue weighted by atomic mass is 9.99. The van der Waals surface area contributed by atoms with Gasteiger partial charge in [-0.25, -0.2) is 9.97 Å². The Morgan fingerprint density at radius 2 is 2.09 bits per heavy atom. The van der Waals surface area contributed by atoms with Crippen molar-refractivity contribution in [2.75, 3.05) is 18.6 Å². The van der Waals surface area contributed by atoms with Crippen LogP contribution >= 0.6 is 0 Å². The summed E-state index contributed by atoms with van der Waals surface area (Å²) in [7, 11) is 3.60. The molecular weight excluding hydrogens is 278 g/mol. The van der Waals surface area contributed by atoms with Gasteiger partial charge in [0.25, 0.3) is 0 Å². The number of rotatable bonds is 2. The van der Waals surface area contributed by atoms with Crippen LogP contribution in [0.3, 0.4) is 0 Å². The van der Waals surface area contributed by atoms with Crippen LogP contribution in [-0.4, -0.2) is 33.4 Å². The van der Waals surface area contributed by atoms with Crippen LogP contribution in [0.25, 0.3) is 11.0 Å². The second-order valence-corrected chi connectivity index (χ2v) is 5.51. The summed E-state index contributed by atoms with van der Waals surface area (Å²) in [5, 5.41) is 5.29. The second-order valence-electron chi connectivity index (χ2n) is 5.51. The van der Waals surface area contributed by atoms with Gasteiger partial charge in [-0.2, -0.15) is 5.10 Å². The molecule has 112 valence electrons. The van der Waals surface area contributed by atoms with E-state index in [0.717, 1.165) is 42.1 Å². The van der Waals surface area contributed by atoms with Gasteiger partial charge in [0.2, 0.25) is 0 Å². The highest BCUT2D eigenvalue weighted by Gasteiger charge is 2.20. The number of fused-ring (bicyclic) bond motifs is 2. The van der Waals surface area contributed by atoms with E-state index in [2.05, 4.69) is 32.1 Å². The van der Waals surface area contributed by atoms with E-state index in [1.54, 1.807) is 18.1 Å². The molecule has 6 nitrogen and oxygen atoms in total. The Balaban J connectivity index is 1.74. The smallest absolute Gasteiger partial charge is 0.163 e. The van der Waals surface area contributed by atoms with Gasteiger partial charge < -0.3 is 9.64 Å². The molecule has 0 unspecified atom stereocenters. The number of hydrogen-bond donors (Lipinski definition) is 0. The van der Waals surface area contributed by atoms with E-state index < -0.39 is 0 Å². The summed E-state index contributed by atoms with van der Waals surface area (Å²) in [6, 6.07) is 6.30. The van der Waals surface area contributed by atoms with Gasteiger partial charge in [-0.05, 0) is 29.7 Å². The van der Waals surface area contributed by atoms with Crippen molar-refractivity contribution in [3.8, 4) is 5.75 Å². The molecule has 0 radical (unpaired) electrons. The van der Waals surface area contributed by atoms with Crippen LogP contribution in [0.2, 0.25) is 0 Å². The fourth-order valence-electron chi connectivity index (χ4n) is 3.04. The predicted molar refractivity (Wildman–Crippen MR) is 84.1 cm³/mol. The van der Waals surface area contributed by atoms with Crippen molar-refractivity contribution < 1.29 is 4.74 Å². The van der Waals surface area contributed by atoms with Gasteiger partial charge in [-0.15, -0.1) is 0 Å². The summed E-state index contributed by atoms with van der Waals surface area (Å²) in [6.07, 6.45) is 4.46. The molecule has 3 heterocycles. The van der Waals surface area contributed by atoms with Gasteiger partial charge in [0.1, 0.15) is 17.9 Å². The number of aryl methyl sites for hydroxylation is 1. The van der Waals surface area contributed by atoms with E-state index in [4.69, 9.17) is 4.74 Å². The molecule has 1 aliphatic heterocycles. The SMILES string of the molecule is COc1ccc2c(c1)CN(c1ncnc3c1cnn3C)CC2. The van der Waals surface area contributed by atoms with Gasteiger partial charge >= 0.3 is 0 Å². The van der Waals surface area contributed by atoms with Crippen LogP contribution < -0.4 is 9.64 Å². The van der Waals surface area contributed by atoms with Crippen molar-refractivity contribution in [1.82, 2.24) is 19.7 Å². The number of anilines is 1. The molecule has 0 bridgehead atoms. The molecule has 22 heavy (non-hydrogen) atoms. The molecule has 1 aliphatic rings. The standard InChI is InChI=1S/C16H17N5O/c1-20-15-14(8-19-20)16(18-10-17-15)21-6-5-11-3-4-13(22-2)7-12(11)9-21/h3-4,7-8,10H,5-6,9H2,1-2H3. The lowest BCUT2D eigenvalue weighted by Crippen LogP contribution is -2.31. The topological polar surface area (TPSA) is 56.1 Å². The maximum atomic E-state index is 5.34. The van der Waals surface area contributed by atoms with Gasteiger partial charge in [0.05, 0.1) is 18.7 Å². The summed E-state index contributed by atoms with van der Waals surface area (Å²) in [4.78, 5) is 11.1. The van der Waals surface area contributed by atoms with Crippen LogP contribution in [0.1, 0.15) is 11.1 Å². The molecule has 0 fully saturated rings. The molecule has 0 spiro atoms. The maximum Gasteiger partial charge on any atom is 0.163 e. The quantitative estimate of drug-likeness (QED) is 0.723. The van der Waals surface area contributed by atoms with E-state index in [1.165, 1.54) is 11.1 Å². The summed E-state index contributed by atoms with van der Waals surface area (Å²) in [6.45, 7) is 1.77. The molecule has 0 aliphatic carbocycles. The van der Waals surface area contributed by atoms with Crippen molar-refractivity contribution in [2.24, 2.45) is 7.05 Å². The van der Waals surface area contributed by atoms with Crippen LogP contribution in [0.5, 0.6) is 5.75 Å². The Morgan fingerprint density at radius 3 is 2.95 bits per heavy atom. The number of benzene rings is 1. The molecule has 4 rings (SSSR count). The Hall–Kier alpha value is -2.63. The van der Waals surface area contributed by atoms with Gasteiger partial charge in [0.15, 0.2) is 5.65 Å². The number of methoxy groups -OCH3 is 1. The first-order valence-electron chi connectivity index (χ1n) is 7.29. The highest BCUT2D eigenvalue weighted by atomic mass is 16.5. The van der Waals surface area contributed by atoms with E-state index in [-0.39, 0.29) is 0 Å². The van der Waals surface area contributed by atoms with Crippen molar-refractivity contribution >= 4 is 16.9 Å². The number of nitrogens with zero attached hydrogens (tertiary/aromatic N) is 5. The summed E-state index contributed by atoms with van der Waals surface area (Å²) >= 11 is 0. The molecule has 6 heteroatoms. The minimum absolute atomic E-state index is 0.827. The average molecular weight is 295 g/mol. The molecule has 0 atom stereocenters. The van der Waals surface area contributed by atoms with Gasteiger partial charge in [0, 0.05) is 20.1 Å². The Kier molecular flexibility index (Phi) is 2.96. The third kappa shape index (κ3) is 1.99. The number of aromatic nitrogens is 4. The maximum absolute atomic E-state index is 5.34. The van der Waals surface area contributed by atoms with Crippen LogP contribution in [0, 0.1) is 0 Å². The van der Waals surface area contributed by atoms with Crippen molar-refractivity contribution in [1.29, 1.82) is 0 Å². The first-order chi connectivity index (χ1) is 10.8. The van der Waals surface area contributed by atoms with E-state index in [0.29, 0.717) is 0 Å². The molecule has 2 aromatic heterocycles. The fourth-order valence-corrected chi connectivity index (χ4v) is 3.04. The Bertz CT molecular complexity index is 842.